The van der Waals surface area contributed by atoms with Crippen LogP contribution in [0.1, 0.15) is 19.3 Å². The van der Waals surface area contributed by atoms with Crippen LogP contribution in [0.4, 0.5) is 11.4 Å². The highest BCUT2D eigenvalue weighted by molar-refractivity contribution is 6.30. The van der Waals surface area contributed by atoms with Gasteiger partial charge in [-0.3, -0.25) is 9.59 Å². The number of fused-ring (bicyclic) bond motifs is 1. The summed E-state index contributed by atoms with van der Waals surface area (Å²) >= 11 is 5.90. The second-order valence-corrected chi connectivity index (χ2v) is 7.83. The number of rotatable bonds is 4. The molecule has 29 heavy (non-hydrogen) atoms. The van der Waals surface area contributed by atoms with Crippen molar-refractivity contribution in [2.24, 2.45) is 0 Å². The van der Waals surface area contributed by atoms with Crippen LogP contribution in [-0.4, -0.2) is 49.0 Å². The number of benzene rings is 2. The number of likely N-dealkylation sites (tertiary alicyclic amines) is 1. The maximum absolute atomic E-state index is 13.0. The highest BCUT2D eigenvalue weighted by atomic mass is 35.5. The Hall–Kier alpha value is -2.73. The Morgan fingerprint density at radius 2 is 1.76 bits per heavy atom. The number of para-hydroxylation sites is 2. The third kappa shape index (κ3) is 4.65. The smallest absolute Gasteiger partial charge is 0.265 e. The molecule has 1 atom stereocenters. The number of amides is 2. The first-order chi connectivity index (χ1) is 14.1. The van der Waals surface area contributed by atoms with Crippen molar-refractivity contribution in [2.75, 3.05) is 36.4 Å². The molecule has 1 unspecified atom stereocenters. The van der Waals surface area contributed by atoms with Crippen LogP contribution in [0.15, 0.2) is 48.5 Å². The van der Waals surface area contributed by atoms with Gasteiger partial charge in [0.15, 0.2) is 6.10 Å². The predicted octanol–water partition coefficient (Wildman–Crippen LogP) is 3.56. The Labute approximate surface area is 175 Å². The number of anilines is 2. The van der Waals surface area contributed by atoms with Gasteiger partial charge < -0.3 is 19.9 Å². The number of carbonyl (C=O) groups is 2. The highest BCUT2D eigenvalue weighted by Crippen LogP contribution is 2.33. The fourth-order valence-electron chi connectivity index (χ4n) is 3.81. The molecule has 0 spiro atoms. The molecule has 2 aromatic rings. The summed E-state index contributed by atoms with van der Waals surface area (Å²) < 4.78 is 6.01. The largest absolute Gasteiger partial charge is 0.477 e. The summed E-state index contributed by atoms with van der Waals surface area (Å²) in [6, 6.07) is 14.5. The zero-order valence-corrected chi connectivity index (χ0v) is 16.9. The topological polar surface area (TPSA) is 61.9 Å². The molecule has 2 heterocycles. The number of nitrogens with zero attached hydrogens (tertiary/aromatic N) is 2. The molecule has 0 saturated carbocycles. The quantitative estimate of drug-likeness (QED) is 0.832. The minimum atomic E-state index is -0.605. The average molecular weight is 414 g/mol. The van der Waals surface area contributed by atoms with Gasteiger partial charge in [0.2, 0.25) is 5.91 Å². The number of halogens is 1. The lowest BCUT2D eigenvalue weighted by molar-refractivity contribution is -0.139. The number of hydrogen-bond donors (Lipinski definition) is 1. The average Bonchev–Trinajstić information content (AvgIpc) is 2.75. The molecule has 2 aliphatic rings. The van der Waals surface area contributed by atoms with Crippen molar-refractivity contribution < 1.29 is 14.3 Å². The normalized spacial score (nSPS) is 18.6. The first-order valence-corrected chi connectivity index (χ1v) is 10.3. The van der Waals surface area contributed by atoms with Crippen molar-refractivity contribution in [1.29, 1.82) is 0 Å². The van der Waals surface area contributed by atoms with Gasteiger partial charge in [0.1, 0.15) is 5.75 Å². The van der Waals surface area contributed by atoms with Gasteiger partial charge in [-0.15, -0.1) is 0 Å². The first-order valence-electron chi connectivity index (χ1n) is 9.95. The van der Waals surface area contributed by atoms with Crippen LogP contribution in [0.25, 0.3) is 0 Å². The minimum Gasteiger partial charge on any atom is -0.477 e. The fourth-order valence-corrected chi connectivity index (χ4v) is 3.94. The minimum absolute atomic E-state index is 0.00214. The van der Waals surface area contributed by atoms with Crippen LogP contribution >= 0.6 is 11.6 Å². The molecule has 6 nitrogen and oxygen atoms in total. The predicted molar refractivity (Wildman–Crippen MR) is 114 cm³/mol. The van der Waals surface area contributed by atoms with E-state index in [-0.39, 0.29) is 18.4 Å². The van der Waals surface area contributed by atoms with Crippen LogP contribution in [0.2, 0.25) is 5.02 Å². The Balaban J connectivity index is 1.48. The molecular weight excluding hydrogens is 390 g/mol. The van der Waals surface area contributed by atoms with E-state index in [2.05, 4.69) is 5.32 Å². The zero-order chi connectivity index (χ0) is 20.2. The maximum Gasteiger partial charge on any atom is 0.265 e. The zero-order valence-electron chi connectivity index (χ0n) is 16.1. The Bertz CT molecular complexity index is 881. The van der Waals surface area contributed by atoms with E-state index in [9.17, 15) is 9.59 Å². The highest BCUT2D eigenvalue weighted by Gasteiger charge is 2.34. The van der Waals surface area contributed by atoms with Gasteiger partial charge in [-0.1, -0.05) is 23.7 Å². The summed E-state index contributed by atoms with van der Waals surface area (Å²) in [6.07, 6.45) is 2.62. The monoisotopic (exact) mass is 413 g/mol. The molecule has 2 aliphatic heterocycles. The second-order valence-electron chi connectivity index (χ2n) is 7.40. The van der Waals surface area contributed by atoms with Crippen molar-refractivity contribution in [3.8, 4) is 5.75 Å². The Morgan fingerprint density at radius 1 is 1.03 bits per heavy atom. The van der Waals surface area contributed by atoms with Gasteiger partial charge in [0, 0.05) is 23.8 Å². The van der Waals surface area contributed by atoms with Gasteiger partial charge in [0.05, 0.1) is 18.8 Å². The van der Waals surface area contributed by atoms with Crippen molar-refractivity contribution in [1.82, 2.24) is 4.90 Å². The number of carbonyl (C=O) groups excluding carboxylic acids is 2. The van der Waals surface area contributed by atoms with Crippen LogP contribution < -0.4 is 15.0 Å². The first kappa shape index (κ1) is 19.6. The molecule has 152 valence electrons. The number of ether oxygens (including phenoxy) is 1. The Kier molecular flexibility index (Phi) is 5.90. The standard InChI is InChI=1S/C22H24ClN3O3/c23-16-8-10-17(11-9-16)24-21(27)15-26-14-20(22(28)25-12-4-1-5-13-25)29-19-7-3-2-6-18(19)26/h2-3,6-11,20H,1,4-5,12-15H2,(H,24,27). The molecular formula is C22H24ClN3O3. The molecule has 1 fully saturated rings. The second kappa shape index (κ2) is 8.74. The van der Waals surface area contributed by atoms with E-state index >= 15 is 0 Å². The summed E-state index contributed by atoms with van der Waals surface area (Å²) in [5.41, 5.74) is 1.50. The molecule has 1 saturated heterocycles. The SMILES string of the molecule is O=C(CN1CC(C(=O)N2CCCCC2)Oc2ccccc21)Nc1ccc(Cl)cc1. The van der Waals surface area contributed by atoms with Crippen molar-refractivity contribution in [3.63, 3.8) is 0 Å². The molecule has 7 heteroatoms. The summed E-state index contributed by atoms with van der Waals surface area (Å²) in [6.45, 7) is 2.03. The van der Waals surface area contributed by atoms with Crippen molar-refractivity contribution in [3.05, 3.63) is 53.6 Å². The van der Waals surface area contributed by atoms with Gasteiger partial charge in [-0.05, 0) is 55.7 Å². The van der Waals surface area contributed by atoms with E-state index in [1.165, 1.54) is 0 Å². The van der Waals surface area contributed by atoms with Crippen LogP contribution in [0.3, 0.4) is 0 Å². The van der Waals surface area contributed by atoms with Gasteiger partial charge in [-0.2, -0.15) is 0 Å². The van der Waals surface area contributed by atoms with Gasteiger partial charge in [0.25, 0.3) is 5.91 Å². The van der Waals surface area contributed by atoms with E-state index in [0.29, 0.717) is 23.0 Å². The van der Waals surface area contributed by atoms with Crippen LogP contribution in [0.5, 0.6) is 5.75 Å². The molecule has 0 aliphatic carbocycles. The van der Waals surface area contributed by atoms with E-state index in [1.807, 2.05) is 34.1 Å². The van der Waals surface area contributed by atoms with Crippen molar-refractivity contribution in [2.45, 2.75) is 25.4 Å². The number of piperidine rings is 1. The van der Waals surface area contributed by atoms with E-state index in [0.717, 1.165) is 38.0 Å². The van der Waals surface area contributed by atoms with Crippen LogP contribution in [0, 0.1) is 0 Å². The molecule has 1 N–H and O–H groups in total. The van der Waals surface area contributed by atoms with Gasteiger partial charge in [-0.25, -0.2) is 0 Å². The molecule has 0 bridgehead atoms. The fraction of sp³-hybridized carbons (Fsp3) is 0.364. The lowest BCUT2D eigenvalue weighted by Gasteiger charge is -2.38. The van der Waals surface area contributed by atoms with E-state index < -0.39 is 6.10 Å². The number of nitrogens with one attached hydrogen (secondary N) is 1. The number of hydrogen-bond acceptors (Lipinski definition) is 4. The Morgan fingerprint density at radius 3 is 2.52 bits per heavy atom. The summed E-state index contributed by atoms with van der Waals surface area (Å²) in [7, 11) is 0. The van der Waals surface area contributed by atoms with Gasteiger partial charge >= 0.3 is 0 Å². The summed E-state index contributed by atoms with van der Waals surface area (Å²) in [5.74, 6) is 0.476. The summed E-state index contributed by atoms with van der Waals surface area (Å²) in [5, 5.41) is 3.49. The lowest BCUT2D eigenvalue weighted by Crippen LogP contribution is -2.52. The maximum atomic E-state index is 13.0. The summed E-state index contributed by atoms with van der Waals surface area (Å²) in [4.78, 5) is 29.4. The van der Waals surface area contributed by atoms with Crippen LogP contribution in [-0.2, 0) is 9.59 Å². The van der Waals surface area contributed by atoms with E-state index in [1.54, 1.807) is 24.3 Å². The molecule has 2 aromatic carbocycles. The lowest BCUT2D eigenvalue weighted by atomic mass is 10.1. The molecule has 4 rings (SSSR count). The third-order valence-electron chi connectivity index (χ3n) is 5.27. The van der Waals surface area contributed by atoms with Crippen molar-refractivity contribution >= 4 is 34.8 Å². The van der Waals surface area contributed by atoms with E-state index in [4.69, 9.17) is 16.3 Å². The molecule has 0 radical (unpaired) electrons. The third-order valence-corrected chi connectivity index (χ3v) is 5.52. The molecule has 2 amide bonds. The molecule has 0 aromatic heterocycles.